The molecule has 0 aromatic carbocycles. The van der Waals surface area contributed by atoms with Crippen LogP contribution in [0.4, 0.5) is 17.3 Å². The zero-order valence-electron chi connectivity index (χ0n) is 12.6. The van der Waals surface area contributed by atoms with Crippen LogP contribution in [-0.4, -0.2) is 41.3 Å². The van der Waals surface area contributed by atoms with Crippen molar-refractivity contribution in [1.82, 2.24) is 15.0 Å². The van der Waals surface area contributed by atoms with E-state index in [0.717, 1.165) is 43.5 Å². The summed E-state index contributed by atoms with van der Waals surface area (Å²) in [5, 5.41) is 3.66. The number of hydrogen-bond acceptors (Lipinski definition) is 6. The molecule has 1 saturated heterocycles. The quantitative estimate of drug-likeness (QED) is 0.878. The van der Waals surface area contributed by atoms with Gasteiger partial charge in [-0.3, -0.25) is 0 Å². The molecular weight excluding hydrogens is 302 g/mol. The molecule has 6 nitrogen and oxygen atoms in total. The van der Waals surface area contributed by atoms with Gasteiger partial charge >= 0.3 is 0 Å². The van der Waals surface area contributed by atoms with Crippen molar-refractivity contribution < 1.29 is 4.74 Å². The summed E-state index contributed by atoms with van der Waals surface area (Å²) in [6.07, 6.45) is 0. The summed E-state index contributed by atoms with van der Waals surface area (Å²) in [7, 11) is 0. The first-order valence-electron chi connectivity index (χ1n) is 7.20. The number of aryl methyl sites for hydroxylation is 2. The van der Waals surface area contributed by atoms with Crippen LogP contribution in [0.15, 0.2) is 18.2 Å². The van der Waals surface area contributed by atoms with Gasteiger partial charge in [-0.2, -0.15) is 0 Å². The first-order chi connectivity index (χ1) is 10.6. The molecule has 1 fully saturated rings. The van der Waals surface area contributed by atoms with Crippen LogP contribution in [0.3, 0.4) is 0 Å². The van der Waals surface area contributed by atoms with Gasteiger partial charge in [-0.15, -0.1) is 0 Å². The molecule has 0 unspecified atom stereocenters. The molecule has 3 rings (SSSR count). The summed E-state index contributed by atoms with van der Waals surface area (Å²) < 4.78 is 5.37. The maximum Gasteiger partial charge on any atom is 0.135 e. The fourth-order valence-electron chi connectivity index (χ4n) is 2.38. The molecule has 0 atom stereocenters. The fourth-order valence-corrected chi connectivity index (χ4v) is 2.61. The number of aromatic nitrogens is 3. The van der Waals surface area contributed by atoms with Crippen molar-refractivity contribution in [3.8, 4) is 0 Å². The standard InChI is InChI=1S/C15H18ClN5O/c1-10-12(20-14-9-13(16)18-11(2)19-14)3-4-15(17-10)21-5-7-22-8-6-21/h3-4,9H,5-8H2,1-2H3,(H,18,19,20). The van der Waals surface area contributed by atoms with Crippen LogP contribution in [0.2, 0.25) is 5.15 Å². The van der Waals surface area contributed by atoms with Gasteiger partial charge in [0.25, 0.3) is 0 Å². The molecule has 7 heteroatoms. The van der Waals surface area contributed by atoms with E-state index in [-0.39, 0.29) is 0 Å². The molecule has 2 aromatic heterocycles. The molecule has 1 aliphatic rings. The first kappa shape index (κ1) is 15.0. The van der Waals surface area contributed by atoms with Gasteiger partial charge in [-0.1, -0.05) is 11.6 Å². The Balaban J connectivity index is 1.79. The Morgan fingerprint density at radius 1 is 1.14 bits per heavy atom. The number of nitrogens with one attached hydrogen (secondary N) is 1. The Morgan fingerprint density at radius 3 is 2.59 bits per heavy atom. The minimum Gasteiger partial charge on any atom is -0.378 e. The van der Waals surface area contributed by atoms with Gasteiger partial charge in [0.05, 0.1) is 24.6 Å². The van der Waals surface area contributed by atoms with E-state index in [1.165, 1.54) is 0 Å². The van der Waals surface area contributed by atoms with Crippen LogP contribution >= 0.6 is 11.6 Å². The summed E-state index contributed by atoms with van der Waals surface area (Å²) in [6, 6.07) is 5.72. The molecule has 0 saturated carbocycles. The lowest BCUT2D eigenvalue weighted by atomic mass is 10.3. The molecule has 0 bridgehead atoms. The lowest BCUT2D eigenvalue weighted by Crippen LogP contribution is -2.36. The third-order valence-corrected chi connectivity index (χ3v) is 3.67. The Hall–Kier alpha value is -1.92. The summed E-state index contributed by atoms with van der Waals surface area (Å²) in [6.45, 7) is 7.03. The van der Waals surface area contributed by atoms with Gasteiger partial charge in [-0.25, -0.2) is 15.0 Å². The summed E-state index contributed by atoms with van der Waals surface area (Å²) in [5.74, 6) is 2.27. The molecule has 1 N–H and O–H groups in total. The smallest absolute Gasteiger partial charge is 0.135 e. The number of pyridine rings is 1. The van der Waals surface area contributed by atoms with Gasteiger partial charge in [0.2, 0.25) is 0 Å². The van der Waals surface area contributed by atoms with Crippen molar-refractivity contribution in [3.05, 3.63) is 34.9 Å². The van der Waals surface area contributed by atoms with Crippen molar-refractivity contribution in [1.29, 1.82) is 0 Å². The zero-order valence-corrected chi connectivity index (χ0v) is 13.4. The Labute approximate surface area is 134 Å². The molecule has 1 aliphatic heterocycles. The van der Waals surface area contributed by atoms with Crippen LogP contribution in [-0.2, 0) is 4.74 Å². The molecule has 2 aromatic rings. The number of halogens is 1. The molecule has 3 heterocycles. The highest BCUT2D eigenvalue weighted by atomic mass is 35.5. The largest absolute Gasteiger partial charge is 0.378 e. The number of morpholine rings is 1. The van der Waals surface area contributed by atoms with Gasteiger partial charge in [-0.05, 0) is 26.0 Å². The lowest BCUT2D eigenvalue weighted by molar-refractivity contribution is 0.122. The summed E-state index contributed by atoms with van der Waals surface area (Å²) in [5.41, 5.74) is 1.82. The maximum atomic E-state index is 5.96. The predicted octanol–water partition coefficient (Wildman–Crippen LogP) is 2.72. The normalized spacial score (nSPS) is 15.0. The third-order valence-electron chi connectivity index (χ3n) is 3.48. The second-order valence-electron chi connectivity index (χ2n) is 5.15. The average molecular weight is 320 g/mol. The van der Waals surface area contributed by atoms with Crippen LogP contribution < -0.4 is 10.2 Å². The number of ether oxygens (including phenoxy) is 1. The molecule has 22 heavy (non-hydrogen) atoms. The lowest BCUT2D eigenvalue weighted by Gasteiger charge is -2.28. The van der Waals surface area contributed by atoms with E-state index in [1.807, 2.05) is 26.0 Å². The molecular formula is C15H18ClN5O. The maximum absolute atomic E-state index is 5.96. The van der Waals surface area contributed by atoms with Gasteiger partial charge in [0.1, 0.15) is 22.6 Å². The van der Waals surface area contributed by atoms with E-state index in [4.69, 9.17) is 16.3 Å². The van der Waals surface area contributed by atoms with Gasteiger partial charge in [0, 0.05) is 19.2 Å². The minimum absolute atomic E-state index is 0.422. The SMILES string of the molecule is Cc1nc(Cl)cc(Nc2ccc(N3CCOCC3)nc2C)n1. The monoisotopic (exact) mass is 319 g/mol. The highest BCUT2D eigenvalue weighted by Gasteiger charge is 2.13. The Bertz CT molecular complexity index is 653. The van der Waals surface area contributed by atoms with E-state index in [9.17, 15) is 0 Å². The predicted molar refractivity (Wildman–Crippen MR) is 87.1 cm³/mol. The summed E-state index contributed by atoms with van der Waals surface area (Å²) in [4.78, 5) is 15.3. The Morgan fingerprint density at radius 2 is 1.91 bits per heavy atom. The minimum atomic E-state index is 0.422. The van der Waals surface area contributed by atoms with E-state index >= 15 is 0 Å². The first-order valence-corrected chi connectivity index (χ1v) is 7.58. The third kappa shape index (κ3) is 3.45. The van der Waals surface area contributed by atoms with Crippen molar-refractivity contribution in [2.45, 2.75) is 13.8 Å². The topological polar surface area (TPSA) is 63.2 Å². The second-order valence-corrected chi connectivity index (χ2v) is 5.54. The van der Waals surface area contributed by atoms with Gasteiger partial charge in [0.15, 0.2) is 0 Å². The fraction of sp³-hybridized carbons (Fsp3) is 0.400. The highest BCUT2D eigenvalue weighted by molar-refractivity contribution is 6.29. The highest BCUT2D eigenvalue weighted by Crippen LogP contribution is 2.23. The number of hydrogen-bond donors (Lipinski definition) is 1. The summed E-state index contributed by atoms with van der Waals surface area (Å²) >= 11 is 5.96. The number of anilines is 3. The number of rotatable bonds is 3. The van der Waals surface area contributed by atoms with Crippen molar-refractivity contribution in [2.75, 3.05) is 36.5 Å². The molecule has 0 radical (unpaired) electrons. The second kappa shape index (κ2) is 6.46. The van der Waals surface area contributed by atoms with E-state index in [0.29, 0.717) is 16.8 Å². The number of nitrogens with zero attached hydrogens (tertiary/aromatic N) is 4. The van der Waals surface area contributed by atoms with Crippen LogP contribution in [0.5, 0.6) is 0 Å². The van der Waals surface area contributed by atoms with Crippen molar-refractivity contribution in [3.63, 3.8) is 0 Å². The molecule has 0 spiro atoms. The van der Waals surface area contributed by atoms with E-state index in [1.54, 1.807) is 6.07 Å². The molecule has 116 valence electrons. The zero-order chi connectivity index (χ0) is 15.5. The molecule has 0 aliphatic carbocycles. The van der Waals surface area contributed by atoms with Crippen LogP contribution in [0, 0.1) is 13.8 Å². The molecule has 0 amide bonds. The van der Waals surface area contributed by atoms with E-state index in [2.05, 4.69) is 25.2 Å². The van der Waals surface area contributed by atoms with Crippen molar-refractivity contribution >= 4 is 28.9 Å². The van der Waals surface area contributed by atoms with Crippen LogP contribution in [0.1, 0.15) is 11.5 Å². The van der Waals surface area contributed by atoms with Crippen molar-refractivity contribution in [2.24, 2.45) is 0 Å². The Kier molecular flexibility index (Phi) is 4.40. The van der Waals surface area contributed by atoms with Gasteiger partial charge < -0.3 is 15.0 Å². The van der Waals surface area contributed by atoms with E-state index < -0.39 is 0 Å². The average Bonchev–Trinajstić information content (AvgIpc) is 2.49. The van der Waals surface area contributed by atoms with Crippen LogP contribution in [0.25, 0.3) is 0 Å².